The molecule has 4 heteroatoms. The summed E-state index contributed by atoms with van der Waals surface area (Å²) in [6.45, 7) is 12.4. The first-order chi connectivity index (χ1) is 8.79. The van der Waals surface area contributed by atoms with Gasteiger partial charge in [0.1, 0.15) is 5.54 Å². The van der Waals surface area contributed by atoms with Gasteiger partial charge in [-0.15, -0.1) is 0 Å². The van der Waals surface area contributed by atoms with Crippen molar-refractivity contribution in [1.82, 2.24) is 10.2 Å². The molecule has 2 N–H and O–H groups in total. The number of hydrogen-bond donors (Lipinski definition) is 2. The fraction of sp³-hybridized carbons (Fsp3) is 0.933. The molecule has 19 heavy (non-hydrogen) atoms. The molecule has 1 atom stereocenters. The molecule has 0 radical (unpaired) electrons. The second-order valence-corrected chi connectivity index (χ2v) is 6.78. The molecule has 0 amide bonds. The lowest BCUT2D eigenvalue weighted by Gasteiger charge is -2.37. The Morgan fingerprint density at radius 1 is 1.37 bits per heavy atom. The van der Waals surface area contributed by atoms with Gasteiger partial charge in [-0.2, -0.15) is 0 Å². The fourth-order valence-corrected chi connectivity index (χ4v) is 2.70. The van der Waals surface area contributed by atoms with Gasteiger partial charge in [-0.1, -0.05) is 20.8 Å². The summed E-state index contributed by atoms with van der Waals surface area (Å²) >= 11 is 0. The first-order valence-corrected chi connectivity index (χ1v) is 7.50. The lowest BCUT2D eigenvalue weighted by Crippen LogP contribution is -2.50. The maximum atomic E-state index is 11.3. The zero-order chi connectivity index (χ0) is 14.5. The van der Waals surface area contributed by atoms with Crippen LogP contribution >= 0.6 is 0 Å². The summed E-state index contributed by atoms with van der Waals surface area (Å²) in [6, 6.07) is 0. The summed E-state index contributed by atoms with van der Waals surface area (Å²) in [7, 11) is 0. The van der Waals surface area contributed by atoms with E-state index in [1.165, 1.54) is 12.8 Å². The third-order valence-corrected chi connectivity index (χ3v) is 4.40. The highest BCUT2D eigenvalue weighted by Crippen LogP contribution is 2.29. The van der Waals surface area contributed by atoms with E-state index in [1.807, 2.05) is 6.92 Å². The number of carbonyl (C=O) groups is 1. The van der Waals surface area contributed by atoms with Crippen LogP contribution in [-0.4, -0.2) is 47.7 Å². The summed E-state index contributed by atoms with van der Waals surface area (Å²) < 4.78 is 0. The Hall–Kier alpha value is -0.610. The number of nitrogens with zero attached hydrogens (tertiary/aromatic N) is 1. The molecule has 0 bridgehead atoms. The van der Waals surface area contributed by atoms with Gasteiger partial charge in [-0.25, -0.2) is 0 Å². The summed E-state index contributed by atoms with van der Waals surface area (Å²) in [5.41, 5.74) is -0.292. The Morgan fingerprint density at radius 3 is 2.42 bits per heavy atom. The van der Waals surface area contributed by atoms with E-state index in [0.29, 0.717) is 18.4 Å². The van der Waals surface area contributed by atoms with Crippen molar-refractivity contribution in [2.45, 2.75) is 58.9 Å². The second-order valence-electron chi connectivity index (χ2n) is 6.78. The van der Waals surface area contributed by atoms with Crippen molar-refractivity contribution in [1.29, 1.82) is 0 Å². The van der Waals surface area contributed by atoms with Crippen LogP contribution in [0.3, 0.4) is 0 Å². The molecule has 1 aliphatic heterocycles. The van der Waals surface area contributed by atoms with Gasteiger partial charge in [-0.05, 0) is 64.2 Å². The minimum atomic E-state index is -0.774. The van der Waals surface area contributed by atoms with Crippen LogP contribution in [0.1, 0.15) is 53.4 Å². The van der Waals surface area contributed by atoms with Crippen LogP contribution in [0.25, 0.3) is 0 Å². The number of nitrogens with one attached hydrogen (secondary N) is 1. The van der Waals surface area contributed by atoms with Gasteiger partial charge >= 0.3 is 5.97 Å². The maximum Gasteiger partial charge on any atom is 0.323 e. The van der Waals surface area contributed by atoms with Gasteiger partial charge in [0.2, 0.25) is 0 Å². The van der Waals surface area contributed by atoms with E-state index >= 15 is 0 Å². The Bertz CT molecular complexity index is 295. The summed E-state index contributed by atoms with van der Waals surface area (Å²) in [4.78, 5) is 13.8. The van der Waals surface area contributed by atoms with Gasteiger partial charge in [0, 0.05) is 0 Å². The number of likely N-dealkylation sites (N-methyl/N-ethyl adjacent to an activating group) is 1. The molecule has 0 aliphatic carbocycles. The smallest absolute Gasteiger partial charge is 0.323 e. The van der Waals surface area contributed by atoms with Crippen molar-refractivity contribution in [3.63, 3.8) is 0 Å². The molecule has 1 aliphatic rings. The highest BCUT2D eigenvalue weighted by molar-refractivity contribution is 5.78. The highest BCUT2D eigenvalue weighted by Gasteiger charge is 2.32. The molecule has 0 aromatic rings. The Balaban J connectivity index is 2.31. The number of piperidine rings is 1. The van der Waals surface area contributed by atoms with E-state index in [1.54, 1.807) is 6.92 Å². The quantitative estimate of drug-likeness (QED) is 0.745. The van der Waals surface area contributed by atoms with Crippen LogP contribution in [0, 0.1) is 5.41 Å². The first kappa shape index (κ1) is 16.4. The number of carboxylic acids is 1. The summed E-state index contributed by atoms with van der Waals surface area (Å²) in [6.07, 6.45) is 4.12. The monoisotopic (exact) mass is 270 g/mol. The van der Waals surface area contributed by atoms with Crippen LogP contribution in [0.4, 0.5) is 0 Å². The molecular weight excluding hydrogens is 240 g/mol. The third kappa shape index (κ3) is 5.11. The summed E-state index contributed by atoms with van der Waals surface area (Å²) in [5, 5.41) is 12.4. The molecule has 0 spiro atoms. The molecule has 1 saturated heterocycles. The van der Waals surface area contributed by atoms with E-state index in [4.69, 9.17) is 0 Å². The molecule has 0 saturated carbocycles. The minimum absolute atomic E-state index is 0.482. The van der Waals surface area contributed by atoms with Crippen LogP contribution in [-0.2, 0) is 4.79 Å². The molecule has 0 aromatic heterocycles. The average Bonchev–Trinajstić information content (AvgIpc) is 2.31. The molecule has 4 nitrogen and oxygen atoms in total. The van der Waals surface area contributed by atoms with Crippen molar-refractivity contribution < 1.29 is 9.90 Å². The number of carboxylic acid groups (broad SMARTS) is 1. The minimum Gasteiger partial charge on any atom is -0.480 e. The average molecular weight is 270 g/mol. The topological polar surface area (TPSA) is 52.6 Å². The van der Waals surface area contributed by atoms with E-state index in [-0.39, 0.29) is 0 Å². The molecule has 0 aromatic carbocycles. The fourth-order valence-electron chi connectivity index (χ4n) is 2.70. The van der Waals surface area contributed by atoms with Crippen molar-refractivity contribution in [2.24, 2.45) is 5.41 Å². The van der Waals surface area contributed by atoms with Crippen molar-refractivity contribution in [3.8, 4) is 0 Å². The predicted molar refractivity (Wildman–Crippen MR) is 78.4 cm³/mol. The number of rotatable bonds is 7. The third-order valence-electron chi connectivity index (χ3n) is 4.40. The first-order valence-electron chi connectivity index (χ1n) is 7.50. The lowest BCUT2D eigenvalue weighted by atomic mass is 9.82. The molecule has 112 valence electrons. The Labute approximate surface area is 117 Å². The predicted octanol–water partition coefficient (Wildman–Crippen LogP) is 2.34. The molecule has 1 rings (SSSR count). The van der Waals surface area contributed by atoms with Gasteiger partial charge in [-0.3, -0.25) is 4.79 Å². The van der Waals surface area contributed by atoms with Crippen molar-refractivity contribution in [2.75, 3.05) is 26.2 Å². The largest absolute Gasteiger partial charge is 0.480 e. The molecular formula is C15H30N2O2. The van der Waals surface area contributed by atoms with Crippen molar-refractivity contribution in [3.05, 3.63) is 0 Å². The number of aliphatic carboxylic acids is 1. The number of hydrogen-bond acceptors (Lipinski definition) is 3. The number of likely N-dealkylation sites (tertiary alicyclic amines) is 1. The highest BCUT2D eigenvalue weighted by atomic mass is 16.4. The Kier molecular flexibility index (Phi) is 5.81. The van der Waals surface area contributed by atoms with Gasteiger partial charge < -0.3 is 15.3 Å². The SMILES string of the molecule is CCNC(C)(CCCN1CCC(C)(C)CC1)C(=O)O. The van der Waals surface area contributed by atoms with Crippen LogP contribution in [0.5, 0.6) is 0 Å². The van der Waals surface area contributed by atoms with Crippen LogP contribution in [0.2, 0.25) is 0 Å². The molecule has 1 unspecified atom stereocenters. The zero-order valence-corrected chi connectivity index (χ0v) is 13.0. The zero-order valence-electron chi connectivity index (χ0n) is 13.0. The van der Waals surface area contributed by atoms with Gasteiger partial charge in [0.05, 0.1) is 0 Å². The van der Waals surface area contributed by atoms with E-state index in [9.17, 15) is 9.90 Å². The van der Waals surface area contributed by atoms with E-state index in [0.717, 1.165) is 26.1 Å². The molecule has 1 heterocycles. The maximum absolute atomic E-state index is 11.3. The van der Waals surface area contributed by atoms with Crippen LogP contribution < -0.4 is 5.32 Å². The van der Waals surface area contributed by atoms with Crippen LogP contribution in [0.15, 0.2) is 0 Å². The standard InChI is InChI=1S/C15H30N2O2/c1-5-16-15(4,13(18)19)7-6-10-17-11-8-14(2,3)9-12-17/h16H,5-12H2,1-4H3,(H,18,19). The second kappa shape index (κ2) is 6.71. The summed E-state index contributed by atoms with van der Waals surface area (Å²) in [5.74, 6) is -0.742. The van der Waals surface area contributed by atoms with Gasteiger partial charge in [0.15, 0.2) is 0 Å². The van der Waals surface area contributed by atoms with E-state index in [2.05, 4.69) is 24.1 Å². The van der Waals surface area contributed by atoms with Gasteiger partial charge in [0.25, 0.3) is 0 Å². The normalized spacial score (nSPS) is 22.9. The molecule has 1 fully saturated rings. The van der Waals surface area contributed by atoms with E-state index < -0.39 is 11.5 Å². The Morgan fingerprint density at radius 2 is 1.95 bits per heavy atom. The van der Waals surface area contributed by atoms with Crippen molar-refractivity contribution >= 4 is 5.97 Å². The lowest BCUT2D eigenvalue weighted by molar-refractivity contribution is -0.144.